The van der Waals surface area contributed by atoms with E-state index < -0.39 is 0 Å². The van der Waals surface area contributed by atoms with Gasteiger partial charge in [0, 0.05) is 11.4 Å². The van der Waals surface area contributed by atoms with Crippen molar-refractivity contribution in [2.45, 2.75) is 18.2 Å². The minimum absolute atomic E-state index is 0.0554. The summed E-state index contributed by atoms with van der Waals surface area (Å²) in [5.74, 6) is 2.15. The van der Waals surface area contributed by atoms with Crippen molar-refractivity contribution in [3.63, 3.8) is 0 Å². The van der Waals surface area contributed by atoms with Crippen molar-refractivity contribution in [1.82, 2.24) is 5.32 Å². The van der Waals surface area contributed by atoms with Crippen molar-refractivity contribution < 1.29 is 14.3 Å². The van der Waals surface area contributed by atoms with E-state index in [-0.39, 0.29) is 5.91 Å². The van der Waals surface area contributed by atoms with Gasteiger partial charge in [-0.15, -0.1) is 11.8 Å². The monoisotopic (exact) mass is 377 g/mol. The van der Waals surface area contributed by atoms with Gasteiger partial charge >= 0.3 is 0 Å². The molecule has 0 radical (unpaired) electrons. The third kappa shape index (κ3) is 4.41. The van der Waals surface area contributed by atoms with E-state index in [0.717, 1.165) is 21.8 Å². The van der Waals surface area contributed by atoms with Crippen molar-refractivity contribution in [1.29, 1.82) is 0 Å². The Morgan fingerprint density at radius 1 is 1.24 bits per heavy atom. The molecule has 2 aromatic carbocycles. The highest BCUT2D eigenvalue weighted by atomic mass is 35.5. The second-order valence-corrected chi connectivity index (χ2v) is 7.25. The van der Waals surface area contributed by atoms with E-state index in [9.17, 15) is 4.79 Å². The van der Waals surface area contributed by atoms with Crippen LogP contribution in [0.3, 0.4) is 0 Å². The minimum Gasteiger partial charge on any atom is -0.486 e. The van der Waals surface area contributed by atoms with Crippen LogP contribution in [0.1, 0.15) is 22.8 Å². The molecule has 1 heterocycles. The lowest BCUT2D eigenvalue weighted by Crippen LogP contribution is -2.26. The van der Waals surface area contributed by atoms with Crippen LogP contribution in [-0.4, -0.2) is 31.4 Å². The molecule has 0 spiro atoms. The second-order valence-electron chi connectivity index (χ2n) is 5.54. The summed E-state index contributed by atoms with van der Waals surface area (Å²) in [4.78, 5) is 13.4. The van der Waals surface area contributed by atoms with Gasteiger partial charge in [-0.05, 0) is 42.0 Å². The third-order valence-corrected chi connectivity index (χ3v) is 5.02. The molecule has 0 saturated heterocycles. The molecule has 0 aliphatic carbocycles. The molecule has 0 unspecified atom stereocenters. The molecular weight excluding hydrogens is 358 g/mol. The molecule has 0 aromatic heterocycles. The van der Waals surface area contributed by atoms with E-state index >= 15 is 0 Å². The second kappa shape index (κ2) is 8.50. The van der Waals surface area contributed by atoms with E-state index in [2.05, 4.69) is 12.2 Å². The lowest BCUT2D eigenvalue weighted by Gasteiger charge is -2.20. The number of carbonyl (C=O) groups excluding carboxylic acids is 1. The van der Waals surface area contributed by atoms with Crippen molar-refractivity contribution in [3.8, 4) is 11.5 Å². The number of ether oxygens (including phenoxy) is 2. The first kappa shape index (κ1) is 18.0. The summed E-state index contributed by atoms with van der Waals surface area (Å²) >= 11 is 7.91. The lowest BCUT2D eigenvalue weighted by molar-refractivity contribution is 0.0951. The van der Waals surface area contributed by atoms with Crippen LogP contribution < -0.4 is 14.8 Å². The molecule has 4 nitrogen and oxygen atoms in total. The first-order chi connectivity index (χ1) is 12.2. The Morgan fingerprint density at radius 2 is 2.04 bits per heavy atom. The van der Waals surface area contributed by atoms with Crippen molar-refractivity contribution in [3.05, 3.63) is 52.5 Å². The van der Waals surface area contributed by atoms with Gasteiger partial charge < -0.3 is 14.8 Å². The molecule has 0 fully saturated rings. The van der Waals surface area contributed by atoms with E-state index in [1.165, 1.54) is 0 Å². The molecule has 25 heavy (non-hydrogen) atoms. The molecular formula is C19H20ClNO3S. The molecule has 0 bridgehead atoms. The smallest absolute Gasteiger partial charge is 0.252 e. The number of hydrogen-bond donors (Lipinski definition) is 1. The van der Waals surface area contributed by atoms with Crippen LogP contribution in [0.25, 0.3) is 0 Å². The number of thioether (sulfide) groups is 1. The Balaban J connectivity index is 1.61. The summed E-state index contributed by atoms with van der Waals surface area (Å²) in [7, 11) is 0. The standard InChI is InChI=1S/C19H20ClNO3S/c1-2-25-17-6-4-3-5-14(17)19(22)21-8-7-13-11-15(20)18-16(12-13)23-9-10-24-18/h3-6,11-12H,2,7-10H2,1H3,(H,21,22). The lowest BCUT2D eigenvalue weighted by atomic mass is 10.1. The summed E-state index contributed by atoms with van der Waals surface area (Å²) in [6.45, 7) is 3.64. The number of carbonyl (C=O) groups is 1. The predicted molar refractivity (Wildman–Crippen MR) is 101 cm³/mol. The zero-order chi connectivity index (χ0) is 17.6. The van der Waals surface area contributed by atoms with Crippen LogP contribution in [0, 0.1) is 0 Å². The number of nitrogens with one attached hydrogen (secondary N) is 1. The summed E-state index contributed by atoms with van der Waals surface area (Å²) in [6.07, 6.45) is 0.672. The number of amides is 1. The average molecular weight is 378 g/mol. The number of benzene rings is 2. The Morgan fingerprint density at radius 3 is 2.88 bits per heavy atom. The molecule has 0 saturated carbocycles. The van der Waals surface area contributed by atoms with Gasteiger partial charge in [0.15, 0.2) is 11.5 Å². The van der Waals surface area contributed by atoms with Crippen molar-refractivity contribution in [2.24, 2.45) is 0 Å². The highest BCUT2D eigenvalue weighted by Gasteiger charge is 2.17. The van der Waals surface area contributed by atoms with Gasteiger partial charge in [-0.2, -0.15) is 0 Å². The predicted octanol–water partition coefficient (Wildman–Crippen LogP) is 4.20. The fraction of sp³-hybridized carbons (Fsp3) is 0.316. The van der Waals surface area contributed by atoms with Gasteiger partial charge in [-0.1, -0.05) is 30.7 Å². The van der Waals surface area contributed by atoms with Crippen molar-refractivity contribution in [2.75, 3.05) is 25.5 Å². The van der Waals surface area contributed by atoms with Gasteiger partial charge in [0.2, 0.25) is 0 Å². The molecule has 3 rings (SSSR count). The fourth-order valence-electron chi connectivity index (χ4n) is 2.66. The van der Waals surface area contributed by atoms with Crippen LogP contribution in [0.4, 0.5) is 0 Å². The molecule has 1 aliphatic heterocycles. The van der Waals surface area contributed by atoms with E-state index in [4.69, 9.17) is 21.1 Å². The van der Waals surface area contributed by atoms with E-state index in [1.807, 2.05) is 36.4 Å². The Labute approximate surface area is 156 Å². The zero-order valence-corrected chi connectivity index (χ0v) is 15.6. The SMILES string of the molecule is CCSc1ccccc1C(=O)NCCc1cc(Cl)c2c(c1)OCCO2. The molecule has 1 amide bonds. The maximum Gasteiger partial charge on any atom is 0.252 e. The molecule has 6 heteroatoms. The van der Waals surface area contributed by atoms with Gasteiger partial charge in [0.1, 0.15) is 13.2 Å². The molecule has 2 aromatic rings. The first-order valence-electron chi connectivity index (χ1n) is 8.27. The van der Waals surface area contributed by atoms with Crippen LogP contribution in [-0.2, 0) is 6.42 Å². The Hall–Kier alpha value is -1.85. The largest absolute Gasteiger partial charge is 0.486 e. The van der Waals surface area contributed by atoms with Gasteiger partial charge in [-0.3, -0.25) is 4.79 Å². The summed E-state index contributed by atoms with van der Waals surface area (Å²) in [5.41, 5.74) is 1.72. The topological polar surface area (TPSA) is 47.6 Å². The highest BCUT2D eigenvalue weighted by Crippen LogP contribution is 2.38. The van der Waals surface area contributed by atoms with Crippen molar-refractivity contribution >= 4 is 29.3 Å². The normalized spacial score (nSPS) is 12.7. The highest BCUT2D eigenvalue weighted by molar-refractivity contribution is 7.99. The van der Waals surface area contributed by atoms with Crippen LogP contribution in [0.2, 0.25) is 5.02 Å². The summed E-state index contributed by atoms with van der Waals surface area (Å²) in [5, 5.41) is 3.52. The number of halogens is 1. The average Bonchev–Trinajstić information content (AvgIpc) is 2.62. The summed E-state index contributed by atoms with van der Waals surface area (Å²) in [6, 6.07) is 11.5. The number of fused-ring (bicyclic) bond motifs is 1. The zero-order valence-electron chi connectivity index (χ0n) is 14.0. The molecule has 132 valence electrons. The maximum absolute atomic E-state index is 12.4. The first-order valence-corrected chi connectivity index (χ1v) is 9.63. The minimum atomic E-state index is -0.0554. The molecule has 1 N–H and O–H groups in total. The van der Waals surface area contributed by atoms with Crippen LogP contribution >= 0.6 is 23.4 Å². The van der Waals surface area contributed by atoms with E-state index in [1.54, 1.807) is 11.8 Å². The Kier molecular flexibility index (Phi) is 6.10. The third-order valence-electron chi connectivity index (χ3n) is 3.79. The van der Waals surface area contributed by atoms with Gasteiger partial charge in [0.05, 0.1) is 10.6 Å². The quantitative estimate of drug-likeness (QED) is 0.766. The molecule has 0 atom stereocenters. The van der Waals surface area contributed by atoms with Crippen LogP contribution in [0.15, 0.2) is 41.3 Å². The van der Waals surface area contributed by atoms with Gasteiger partial charge in [-0.25, -0.2) is 0 Å². The fourth-order valence-corrected chi connectivity index (χ4v) is 3.75. The number of hydrogen-bond acceptors (Lipinski definition) is 4. The maximum atomic E-state index is 12.4. The molecule has 1 aliphatic rings. The number of rotatable bonds is 6. The Bertz CT molecular complexity index is 766. The van der Waals surface area contributed by atoms with Gasteiger partial charge in [0.25, 0.3) is 5.91 Å². The summed E-state index contributed by atoms with van der Waals surface area (Å²) < 4.78 is 11.1. The van der Waals surface area contributed by atoms with E-state index in [0.29, 0.717) is 42.7 Å². The van der Waals surface area contributed by atoms with Crippen LogP contribution in [0.5, 0.6) is 11.5 Å².